The van der Waals surface area contributed by atoms with Crippen LogP contribution < -0.4 is 5.32 Å². The van der Waals surface area contributed by atoms with E-state index in [2.05, 4.69) is 67.5 Å². The average Bonchev–Trinajstić information content (AvgIpc) is 2.54. The lowest BCUT2D eigenvalue weighted by molar-refractivity contribution is 0.590. The fourth-order valence-corrected chi connectivity index (χ4v) is 2.53. The van der Waals surface area contributed by atoms with Crippen molar-refractivity contribution in [1.82, 2.24) is 5.32 Å². The third kappa shape index (κ3) is 4.61. The molecule has 0 aliphatic heterocycles. The zero-order valence-electron chi connectivity index (χ0n) is 13.9. The summed E-state index contributed by atoms with van der Waals surface area (Å²) in [4.78, 5) is 4.39. The maximum atomic E-state index is 8.66. The Bertz CT molecular complexity index is 717. The van der Waals surface area contributed by atoms with Crippen molar-refractivity contribution >= 4 is 22.6 Å². The number of aliphatic imine (C=N–C) groups is 1. The lowest BCUT2D eigenvalue weighted by Crippen LogP contribution is -2.12. The second kappa shape index (κ2) is 7.34. The van der Waals surface area contributed by atoms with Gasteiger partial charge >= 0.3 is 0 Å². The molecule has 118 valence electrons. The first-order valence-electron chi connectivity index (χ1n) is 7.43. The zero-order valence-corrected chi connectivity index (χ0v) is 14.7. The van der Waals surface area contributed by atoms with Gasteiger partial charge < -0.3 is 0 Å². The molecule has 0 saturated heterocycles. The molecule has 0 unspecified atom stereocenters. The number of nitriles is 1. The van der Waals surface area contributed by atoms with Crippen LogP contribution in [0.5, 0.6) is 0 Å². The number of hydrogen-bond acceptors (Lipinski definition) is 3. The van der Waals surface area contributed by atoms with Crippen molar-refractivity contribution < 1.29 is 0 Å². The minimum atomic E-state index is 0.166. The van der Waals surface area contributed by atoms with Crippen molar-refractivity contribution in [2.75, 3.05) is 6.26 Å². The minimum Gasteiger partial charge on any atom is -0.271 e. The highest BCUT2D eigenvalue weighted by atomic mass is 32.2. The molecule has 23 heavy (non-hydrogen) atoms. The van der Waals surface area contributed by atoms with Crippen LogP contribution in [0, 0.1) is 11.5 Å². The van der Waals surface area contributed by atoms with Gasteiger partial charge in [-0.2, -0.15) is 5.26 Å². The molecule has 3 nitrogen and oxygen atoms in total. The van der Waals surface area contributed by atoms with Gasteiger partial charge in [-0.1, -0.05) is 68.9 Å². The molecule has 0 saturated carbocycles. The standard InChI is InChI=1S/C19H21N3S/c1-19(2,3)16-9-5-14(6-10-16)15-7-11-17(12-8-15)22-18(23-4)21-13-20/h5-12H,1-4H3,(H,21,22). The number of rotatable bonds is 2. The molecule has 0 amide bonds. The van der Waals surface area contributed by atoms with Crippen molar-refractivity contribution in [1.29, 1.82) is 5.26 Å². The summed E-state index contributed by atoms with van der Waals surface area (Å²) in [6.07, 6.45) is 3.78. The lowest BCUT2D eigenvalue weighted by atomic mass is 9.86. The molecule has 4 heteroatoms. The highest BCUT2D eigenvalue weighted by molar-refractivity contribution is 8.13. The van der Waals surface area contributed by atoms with E-state index in [9.17, 15) is 0 Å². The number of amidine groups is 1. The van der Waals surface area contributed by atoms with E-state index in [-0.39, 0.29) is 5.41 Å². The van der Waals surface area contributed by atoms with Gasteiger partial charge in [-0.05, 0) is 40.5 Å². The molecule has 0 atom stereocenters. The van der Waals surface area contributed by atoms with Crippen LogP contribution in [0.15, 0.2) is 53.5 Å². The first-order chi connectivity index (χ1) is 10.9. The van der Waals surface area contributed by atoms with E-state index < -0.39 is 0 Å². The largest absolute Gasteiger partial charge is 0.271 e. The second-order valence-electron chi connectivity index (χ2n) is 6.23. The van der Waals surface area contributed by atoms with Crippen LogP contribution in [0.25, 0.3) is 11.1 Å². The van der Waals surface area contributed by atoms with Crippen LogP contribution >= 0.6 is 11.8 Å². The summed E-state index contributed by atoms with van der Waals surface area (Å²) < 4.78 is 0. The Morgan fingerprint density at radius 1 is 1.00 bits per heavy atom. The number of nitrogens with one attached hydrogen (secondary N) is 1. The summed E-state index contributed by atoms with van der Waals surface area (Å²) >= 11 is 1.41. The van der Waals surface area contributed by atoms with Gasteiger partial charge in [-0.25, -0.2) is 4.99 Å². The predicted octanol–water partition coefficient (Wildman–Crippen LogP) is 5.07. The molecule has 0 heterocycles. The third-order valence-corrected chi connectivity index (χ3v) is 4.12. The van der Waals surface area contributed by atoms with E-state index in [1.807, 2.05) is 24.6 Å². The van der Waals surface area contributed by atoms with Gasteiger partial charge in [-0.3, -0.25) is 5.32 Å². The SMILES string of the molecule is CSC(=Nc1ccc(-c2ccc(C(C)(C)C)cc2)cc1)NC#N. The molecule has 0 aromatic heterocycles. The molecule has 2 rings (SSSR count). The molecular formula is C19H21N3S. The average molecular weight is 323 g/mol. The molecule has 0 aliphatic rings. The molecule has 2 aromatic carbocycles. The summed E-state index contributed by atoms with van der Waals surface area (Å²) in [7, 11) is 0. The highest BCUT2D eigenvalue weighted by Crippen LogP contribution is 2.27. The zero-order chi connectivity index (χ0) is 16.9. The minimum absolute atomic E-state index is 0.166. The first-order valence-corrected chi connectivity index (χ1v) is 8.65. The van der Waals surface area contributed by atoms with Gasteiger partial charge in [0.15, 0.2) is 11.4 Å². The highest BCUT2D eigenvalue weighted by Gasteiger charge is 2.12. The Balaban J connectivity index is 2.21. The molecule has 1 N–H and O–H groups in total. The predicted molar refractivity (Wildman–Crippen MR) is 99.9 cm³/mol. The van der Waals surface area contributed by atoms with Crippen LogP contribution in [0.1, 0.15) is 26.3 Å². The van der Waals surface area contributed by atoms with Crippen molar-refractivity contribution in [2.24, 2.45) is 4.99 Å². The Morgan fingerprint density at radius 2 is 1.52 bits per heavy atom. The van der Waals surface area contributed by atoms with Crippen molar-refractivity contribution in [3.63, 3.8) is 0 Å². The fraction of sp³-hybridized carbons (Fsp3) is 0.263. The van der Waals surface area contributed by atoms with Gasteiger partial charge in [0.05, 0.1) is 5.69 Å². The summed E-state index contributed by atoms with van der Waals surface area (Å²) in [6.45, 7) is 6.65. The molecule has 0 spiro atoms. The van der Waals surface area contributed by atoms with Crippen LogP contribution in [-0.4, -0.2) is 11.4 Å². The number of nitrogens with zero attached hydrogens (tertiary/aromatic N) is 2. The Labute approximate surface area is 142 Å². The van der Waals surface area contributed by atoms with Crippen molar-refractivity contribution in [3.05, 3.63) is 54.1 Å². The normalized spacial score (nSPS) is 11.9. The van der Waals surface area contributed by atoms with Gasteiger partial charge in [0, 0.05) is 0 Å². The topological polar surface area (TPSA) is 48.2 Å². The third-order valence-electron chi connectivity index (χ3n) is 3.54. The monoisotopic (exact) mass is 323 g/mol. The smallest absolute Gasteiger partial charge is 0.183 e. The van der Waals surface area contributed by atoms with Crippen molar-refractivity contribution in [3.8, 4) is 17.3 Å². The van der Waals surface area contributed by atoms with Crippen LogP contribution in [0.3, 0.4) is 0 Å². The quantitative estimate of drug-likeness (QED) is 0.363. The van der Waals surface area contributed by atoms with E-state index in [0.717, 1.165) is 11.3 Å². The summed E-state index contributed by atoms with van der Waals surface area (Å²) in [5.74, 6) is 0. The first kappa shape index (κ1) is 17.1. The molecule has 2 aromatic rings. The van der Waals surface area contributed by atoms with Gasteiger partial charge in [0.25, 0.3) is 0 Å². The van der Waals surface area contributed by atoms with E-state index in [1.54, 1.807) is 0 Å². The van der Waals surface area contributed by atoms with Crippen LogP contribution in [0.4, 0.5) is 5.69 Å². The van der Waals surface area contributed by atoms with E-state index in [1.165, 1.54) is 22.9 Å². The summed E-state index contributed by atoms with van der Waals surface area (Å²) in [5, 5.41) is 11.8. The van der Waals surface area contributed by atoms with E-state index >= 15 is 0 Å². The van der Waals surface area contributed by atoms with Gasteiger partial charge in [-0.15, -0.1) is 0 Å². The molecule has 0 radical (unpaired) electrons. The fourth-order valence-electron chi connectivity index (χ4n) is 2.18. The van der Waals surface area contributed by atoms with Crippen LogP contribution in [0.2, 0.25) is 0 Å². The molecule has 0 fully saturated rings. The number of hydrogen-bond donors (Lipinski definition) is 1. The lowest BCUT2D eigenvalue weighted by Gasteiger charge is -2.19. The Kier molecular flexibility index (Phi) is 5.46. The summed E-state index contributed by atoms with van der Waals surface area (Å²) in [5.41, 5.74) is 4.66. The Morgan fingerprint density at radius 3 is 1.96 bits per heavy atom. The number of thioether (sulfide) groups is 1. The van der Waals surface area contributed by atoms with Crippen molar-refractivity contribution in [2.45, 2.75) is 26.2 Å². The maximum Gasteiger partial charge on any atom is 0.183 e. The van der Waals surface area contributed by atoms with Gasteiger partial charge in [0.2, 0.25) is 0 Å². The molecule has 0 aliphatic carbocycles. The molecular weight excluding hydrogens is 302 g/mol. The molecule has 0 bridgehead atoms. The Hall–Kier alpha value is -2.25. The number of benzene rings is 2. The van der Waals surface area contributed by atoms with E-state index in [0.29, 0.717) is 5.17 Å². The van der Waals surface area contributed by atoms with Gasteiger partial charge in [0.1, 0.15) is 0 Å². The van der Waals surface area contributed by atoms with E-state index in [4.69, 9.17) is 5.26 Å². The summed E-state index contributed by atoms with van der Waals surface area (Å²) in [6, 6.07) is 16.7. The second-order valence-corrected chi connectivity index (χ2v) is 7.03. The van der Waals surface area contributed by atoms with Crippen LogP contribution in [-0.2, 0) is 5.41 Å². The maximum absolute atomic E-state index is 8.66.